The molecule has 1 fully saturated rings. The first-order valence-electron chi connectivity index (χ1n) is 13.6. The van der Waals surface area contributed by atoms with Crippen molar-refractivity contribution in [2.75, 3.05) is 39.6 Å². The Bertz CT molecular complexity index is 1030. The lowest BCUT2D eigenvalue weighted by Gasteiger charge is -2.20. The van der Waals surface area contributed by atoms with Crippen LogP contribution in [0.2, 0.25) is 0 Å². The Hall–Kier alpha value is -3.62. The average molecular weight is 601 g/mol. The van der Waals surface area contributed by atoms with Gasteiger partial charge >= 0.3 is 5.97 Å². The van der Waals surface area contributed by atoms with E-state index in [0.29, 0.717) is 25.0 Å². The Morgan fingerprint density at radius 3 is 2.62 bits per heavy atom. The second kappa shape index (κ2) is 18.7. The van der Waals surface area contributed by atoms with Gasteiger partial charge in [0, 0.05) is 18.8 Å². The summed E-state index contributed by atoms with van der Waals surface area (Å²) in [7, 11) is 0. The highest BCUT2D eigenvalue weighted by Gasteiger charge is 2.40. The fourth-order valence-corrected chi connectivity index (χ4v) is 4.25. The van der Waals surface area contributed by atoms with Gasteiger partial charge in [0.2, 0.25) is 5.91 Å². The van der Waals surface area contributed by atoms with Gasteiger partial charge in [-0.05, 0) is 43.4 Å². The van der Waals surface area contributed by atoms with Gasteiger partial charge in [0.25, 0.3) is 11.0 Å². The number of nitrogens with zero attached hydrogens (tertiary/aromatic N) is 1. The van der Waals surface area contributed by atoms with Crippen molar-refractivity contribution >= 4 is 11.9 Å². The highest BCUT2D eigenvalue weighted by Crippen LogP contribution is 2.37. The molecule has 234 valence electrons. The fraction of sp³-hybridized carbons (Fsp3) is 0.571. The van der Waals surface area contributed by atoms with Crippen LogP contribution in [0.3, 0.4) is 0 Å². The van der Waals surface area contributed by atoms with Crippen molar-refractivity contribution in [2.24, 2.45) is 11.8 Å². The molecule has 1 aromatic carbocycles. The maximum absolute atomic E-state index is 14.3. The van der Waals surface area contributed by atoms with E-state index in [0.717, 1.165) is 6.08 Å². The van der Waals surface area contributed by atoms with E-state index in [2.05, 4.69) is 10.2 Å². The normalized spacial score (nSPS) is 20.6. The first kappa shape index (κ1) is 34.6. The summed E-state index contributed by atoms with van der Waals surface area (Å²) in [5.74, 6) is -4.92. The van der Waals surface area contributed by atoms with Gasteiger partial charge in [0.1, 0.15) is 25.6 Å². The maximum atomic E-state index is 14.3. The molecule has 1 aliphatic rings. The van der Waals surface area contributed by atoms with Crippen LogP contribution in [-0.4, -0.2) is 84.9 Å². The summed E-state index contributed by atoms with van der Waals surface area (Å²) in [5, 5.41) is 32.1. The van der Waals surface area contributed by atoms with Gasteiger partial charge in [0.05, 0.1) is 25.4 Å². The topological polar surface area (TPSA) is 167 Å². The summed E-state index contributed by atoms with van der Waals surface area (Å²) in [6, 6.07) is 8.27. The van der Waals surface area contributed by atoms with Crippen molar-refractivity contribution in [2.45, 2.75) is 50.2 Å². The molecule has 14 heteroatoms. The van der Waals surface area contributed by atoms with Crippen LogP contribution in [0.15, 0.2) is 54.6 Å². The third-order valence-electron chi connectivity index (χ3n) is 6.32. The lowest BCUT2D eigenvalue weighted by Crippen LogP contribution is -2.31. The van der Waals surface area contributed by atoms with E-state index >= 15 is 0 Å². The van der Waals surface area contributed by atoms with E-state index in [-0.39, 0.29) is 45.8 Å². The monoisotopic (exact) mass is 600 g/mol. The molecule has 0 spiro atoms. The Balaban J connectivity index is 1.61. The number of alkyl halides is 2. The quantitative estimate of drug-likeness (QED) is 0.0666. The van der Waals surface area contributed by atoms with E-state index in [1.165, 1.54) is 6.08 Å². The smallest absolute Gasteiger partial charge is 0.305 e. The minimum absolute atomic E-state index is 0.0287. The number of aliphatic hydroxyl groups excluding tert-OH is 2. The van der Waals surface area contributed by atoms with Crippen LogP contribution in [0.25, 0.3) is 0 Å². The van der Waals surface area contributed by atoms with Gasteiger partial charge in [-0.25, -0.2) is 0 Å². The molecule has 1 aromatic rings. The number of allylic oxidation sites excluding steroid dienone is 2. The van der Waals surface area contributed by atoms with Crippen molar-refractivity contribution in [3.05, 3.63) is 64.8 Å². The number of hydrogen-bond acceptors (Lipinski definition) is 10. The summed E-state index contributed by atoms with van der Waals surface area (Å²) >= 11 is 0. The average Bonchev–Trinajstić information content (AvgIpc) is 3.22. The number of halogens is 2. The predicted octanol–water partition coefficient (Wildman–Crippen LogP) is 2.62. The summed E-state index contributed by atoms with van der Waals surface area (Å²) in [5.41, 5.74) is 0. The maximum Gasteiger partial charge on any atom is 0.305 e. The fourth-order valence-electron chi connectivity index (χ4n) is 4.25. The molecule has 12 nitrogen and oxygen atoms in total. The number of rotatable bonds is 20. The van der Waals surface area contributed by atoms with Crippen molar-refractivity contribution in [3.8, 4) is 5.75 Å². The minimum Gasteiger partial charge on any atom is -0.487 e. The molecule has 0 aliphatic heterocycles. The highest BCUT2D eigenvalue weighted by molar-refractivity contribution is 5.77. The molecule has 4 atom stereocenters. The van der Waals surface area contributed by atoms with Gasteiger partial charge in [-0.2, -0.15) is 8.78 Å². The van der Waals surface area contributed by atoms with Gasteiger partial charge in [-0.15, -0.1) is 10.1 Å². The first-order valence-corrected chi connectivity index (χ1v) is 13.6. The molecule has 0 aromatic heterocycles. The molecule has 3 N–H and O–H groups in total. The minimum atomic E-state index is -3.25. The van der Waals surface area contributed by atoms with Crippen molar-refractivity contribution in [1.29, 1.82) is 0 Å². The predicted molar refractivity (Wildman–Crippen MR) is 145 cm³/mol. The molecule has 1 amide bonds. The lowest BCUT2D eigenvalue weighted by atomic mass is 9.89. The molecular weight excluding hydrogens is 562 g/mol. The number of carbonyl (C=O) groups is 2. The molecule has 0 bridgehead atoms. The largest absolute Gasteiger partial charge is 0.487 e. The van der Waals surface area contributed by atoms with E-state index in [1.807, 2.05) is 6.08 Å². The Kier molecular flexibility index (Phi) is 15.4. The summed E-state index contributed by atoms with van der Waals surface area (Å²) in [6.07, 6.45) is 5.48. The summed E-state index contributed by atoms with van der Waals surface area (Å²) < 4.78 is 43.7. The van der Waals surface area contributed by atoms with Crippen LogP contribution in [0.4, 0.5) is 8.78 Å². The Morgan fingerprint density at radius 1 is 1.12 bits per heavy atom. The van der Waals surface area contributed by atoms with E-state index in [4.69, 9.17) is 14.2 Å². The number of hydrogen-bond donors (Lipinski definition) is 3. The number of para-hydroxylation sites is 1. The second-order valence-electron chi connectivity index (χ2n) is 9.61. The number of benzene rings is 1. The van der Waals surface area contributed by atoms with Crippen LogP contribution < -0.4 is 10.1 Å². The molecule has 2 rings (SSSR count). The molecule has 0 radical (unpaired) electrons. The lowest BCUT2D eigenvalue weighted by molar-refractivity contribution is -0.758. The standard InChI is InChI=1S/C28H38F2N2O10/c29-28(30,20-41-21-8-4-3-5-9-21)13-12-23-22(24(33)18-25(23)34)10-6-1-2-7-11-27(36)40-15-14-31-26(35)19-39-16-17-42-32(37)38/h1,3-6,8-9,12-13,22-25,33-34H,2,7,10-11,14-20H2,(H,31,35)/b6-1-,13-12+/t22-,23-,24+,25-/m1/s1. The molecular formula is C28H38F2N2O10. The highest BCUT2D eigenvalue weighted by atomic mass is 19.3. The third kappa shape index (κ3) is 14.3. The molecule has 0 unspecified atom stereocenters. The molecule has 42 heavy (non-hydrogen) atoms. The van der Waals surface area contributed by atoms with Crippen molar-refractivity contribution in [1.82, 2.24) is 5.32 Å². The van der Waals surface area contributed by atoms with E-state index in [1.54, 1.807) is 36.4 Å². The molecule has 1 aliphatic carbocycles. The summed E-state index contributed by atoms with van der Waals surface area (Å²) in [4.78, 5) is 37.4. The Morgan fingerprint density at radius 2 is 1.88 bits per heavy atom. The van der Waals surface area contributed by atoms with E-state index in [9.17, 15) is 38.7 Å². The molecule has 0 saturated heterocycles. The second-order valence-corrected chi connectivity index (χ2v) is 9.61. The number of aliphatic hydroxyl groups is 2. The number of carbonyl (C=O) groups excluding carboxylic acids is 2. The molecule has 1 saturated carbocycles. The van der Waals surface area contributed by atoms with Gasteiger partial charge in [-0.1, -0.05) is 36.4 Å². The molecule has 0 heterocycles. The van der Waals surface area contributed by atoms with Crippen molar-refractivity contribution < 1.29 is 52.7 Å². The Labute approximate surface area is 242 Å². The van der Waals surface area contributed by atoms with Crippen LogP contribution in [0.1, 0.15) is 32.1 Å². The van der Waals surface area contributed by atoms with Gasteiger partial charge < -0.3 is 34.6 Å². The van der Waals surface area contributed by atoms with Crippen molar-refractivity contribution in [3.63, 3.8) is 0 Å². The van der Waals surface area contributed by atoms with Crippen LogP contribution in [0.5, 0.6) is 5.75 Å². The zero-order valence-corrected chi connectivity index (χ0v) is 23.1. The van der Waals surface area contributed by atoms with Crippen LogP contribution in [0, 0.1) is 22.0 Å². The SMILES string of the molecule is O=C(COCCO[N+](=O)[O-])NCCOC(=O)CCC/C=C\C[C@@H]1[C@@H](/C=C/C(F)(F)COc2ccccc2)[C@H](O)C[C@@H]1O. The first-order chi connectivity index (χ1) is 20.1. The number of unbranched alkanes of at least 4 members (excludes halogenated alkanes) is 1. The van der Waals surface area contributed by atoms with E-state index < -0.39 is 53.5 Å². The zero-order chi connectivity index (χ0) is 30.8. The third-order valence-corrected chi connectivity index (χ3v) is 6.32. The number of amides is 1. The number of esters is 1. The van der Waals surface area contributed by atoms with Crippen LogP contribution >= 0.6 is 0 Å². The number of ether oxygens (including phenoxy) is 3. The summed E-state index contributed by atoms with van der Waals surface area (Å²) in [6.45, 7) is -1.52. The van der Waals surface area contributed by atoms with Gasteiger partial charge in [-0.3, -0.25) is 9.59 Å². The zero-order valence-electron chi connectivity index (χ0n) is 23.1. The van der Waals surface area contributed by atoms with Crippen LogP contribution in [-0.2, 0) is 23.9 Å². The van der Waals surface area contributed by atoms with Gasteiger partial charge in [0.15, 0.2) is 6.61 Å². The number of nitrogens with one attached hydrogen (secondary N) is 1.